The summed E-state index contributed by atoms with van der Waals surface area (Å²) >= 11 is 0. The first-order valence-corrected chi connectivity index (χ1v) is 7.59. The van der Waals surface area contributed by atoms with Crippen molar-refractivity contribution in [3.63, 3.8) is 0 Å². The second-order valence-electron chi connectivity index (χ2n) is 5.45. The highest BCUT2D eigenvalue weighted by Gasteiger charge is 2.31. The molecule has 0 aliphatic heterocycles. The first kappa shape index (κ1) is 19.4. The highest BCUT2D eigenvalue weighted by atomic mass is 16.4. The lowest BCUT2D eigenvalue weighted by molar-refractivity contribution is -0.157. The van der Waals surface area contributed by atoms with Gasteiger partial charge in [-0.3, -0.25) is 4.79 Å². The molecule has 0 aliphatic carbocycles. The second kappa shape index (κ2) is 8.84. The van der Waals surface area contributed by atoms with Crippen molar-refractivity contribution in [2.45, 2.75) is 31.8 Å². The number of hydrogen-bond donors (Lipinski definition) is 3. The zero-order chi connectivity index (χ0) is 18.2. The molecule has 0 spiro atoms. The molecule has 0 amide bonds. The van der Waals surface area contributed by atoms with Crippen molar-refractivity contribution in [1.82, 2.24) is 0 Å². The molecule has 0 fully saturated rings. The van der Waals surface area contributed by atoms with Crippen molar-refractivity contribution in [2.75, 3.05) is 0 Å². The molecule has 2 unspecified atom stereocenters. The van der Waals surface area contributed by atoms with E-state index < -0.39 is 17.5 Å². The fraction of sp³-hybridized carbons (Fsp3) is 0.263. The molecule has 5 heteroatoms. The van der Waals surface area contributed by atoms with Gasteiger partial charge in [-0.25, -0.2) is 4.79 Å². The Morgan fingerprint density at radius 1 is 0.958 bits per heavy atom. The van der Waals surface area contributed by atoms with E-state index in [1.165, 1.54) is 6.92 Å². The maximum atomic E-state index is 10.7. The molecule has 2 aromatic carbocycles. The quantitative estimate of drug-likeness (QED) is 0.782. The minimum absolute atomic E-state index is 0.355. The van der Waals surface area contributed by atoms with Crippen LogP contribution < -0.4 is 0 Å². The summed E-state index contributed by atoms with van der Waals surface area (Å²) in [5.41, 5.74) is -0.522. The third-order valence-corrected chi connectivity index (χ3v) is 3.66. The second-order valence-corrected chi connectivity index (χ2v) is 5.45. The minimum Gasteiger partial charge on any atom is -0.481 e. The first-order chi connectivity index (χ1) is 11.3. The van der Waals surface area contributed by atoms with Crippen molar-refractivity contribution in [1.29, 1.82) is 0 Å². The van der Waals surface area contributed by atoms with Crippen LogP contribution in [0.25, 0.3) is 0 Å². The Morgan fingerprint density at radius 2 is 1.42 bits per heavy atom. The number of hydrogen-bond acceptors (Lipinski definition) is 3. The van der Waals surface area contributed by atoms with Crippen LogP contribution in [-0.2, 0) is 15.2 Å². The first-order valence-electron chi connectivity index (χ1n) is 7.59. The molecular formula is C19H22O5. The largest absolute Gasteiger partial charge is 0.481 e. The summed E-state index contributed by atoms with van der Waals surface area (Å²) in [4.78, 5) is 21.3. The molecule has 128 valence electrons. The standard InChI is InChI=1S/C10H12O2.C9H10O3/c1-2-9(10(11)12)8-6-4-3-5-7-8;1-9(12,8(10)11)7-5-3-2-4-6-7/h3-7,9H,2H2,1H3,(H,11,12);2-6,12H,1H3,(H,10,11). The van der Waals surface area contributed by atoms with Crippen LogP contribution in [0, 0.1) is 0 Å². The Morgan fingerprint density at radius 3 is 1.79 bits per heavy atom. The van der Waals surface area contributed by atoms with Crippen molar-refractivity contribution in [3.05, 3.63) is 71.8 Å². The highest BCUT2D eigenvalue weighted by Crippen LogP contribution is 2.20. The average molecular weight is 330 g/mol. The van der Waals surface area contributed by atoms with Gasteiger partial charge in [-0.05, 0) is 24.5 Å². The Labute approximate surface area is 141 Å². The fourth-order valence-electron chi connectivity index (χ4n) is 2.12. The van der Waals surface area contributed by atoms with Crippen LogP contribution >= 0.6 is 0 Å². The predicted molar refractivity (Wildman–Crippen MR) is 90.8 cm³/mol. The normalized spacial score (nSPS) is 13.8. The van der Waals surface area contributed by atoms with Crippen LogP contribution in [0.2, 0.25) is 0 Å². The van der Waals surface area contributed by atoms with E-state index in [0.717, 1.165) is 5.56 Å². The van der Waals surface area contributed by atoms with Crippen LogP contribution in [0.4, 0.5) is 0 Å². The van der Waals surface area contributed by atoms with Crippen molar-refractivity contribution in [3.8, 4) is 0 Å². The number of aliphatic carboxylic acids is 2. The van der Waals surface area contributed by atoms with E-state index in [4.69, 9.17) is 10.2 Å². The monoisotopic (exact) mass is 330 g/mol. The lowest BCUT2D eigenvalue weighted by Gasteiger charge is -2.17. The summed E-state index contributed by atoms with van der Waals surface area (Å²) in [5.74, 6) is -2.34. The van der Waals surface area contributed by atoms with Gasteiger partial charge in [0.1, 0.15) is 0 Å². The maximum Gasteiger partial charge on any atom is 0.340 e. The van der Waals surface area contributed by atoms with Gasteiger partial charge < -0.3 is 15.3 Å². The van der Waals surface area contributed by atoms with Gasteiger partial charge in [0.25, 0.3) is 0 Å². The number of rotatable bonds is 5. The molecule has 0 aromatic heterocycles. The molecule has 0 heterocycles. The zero-order valence-corrected chi connectivity index (χ0v) is 13.7. The van der Waals surface area contributed by atoms with Gasteiger partial charge in [-0.2, -0.15) is 0 Å². The minimum atomic E-state index is -1.79. The van der Waals surface area contributed by atoms with E-state index in [2.05, 4.69) is 0 Å². The summed E-state index contributed by atoms with van der Waals surface area (Å²) < 4.78 is 0. The summed E-state index contributed by atoms with van der Waals surface area (Å²) in [5, 5.41) is 26.9. The summed E-state index contributed by atoms with van der Waals surface area (Å²) in [6, 6.07) is 17.6. The van der Waals surface area contributed by atoms with Gasteiger partial charge in [0.2, 0.25) is 0 Å². The number of aliphatic hydroxyl groups is 1. The Kier molecular flexibility index (Phi) is 7.14. The van der Waals surface area contributed by atoms with E-state index in [1.807, 2.05) is 37.3 Å². The lowest BCUT2D eigenvalue weighted by Crippen LogP contribution is -2.31. The van der Waals surface area contributed by atoms with Gasteiger partial charge in [0.15, 0.2) is 5.60 Å². The molecule has 2 rings (SSSR count). The topological polar surface area (TPSA) is 94.8 Å². The fourth-order valence-corrected chi connectivity index (χ4v) is 2.12. The van der Waals surface area contributed by atoms with E-state index in [0.29, 0.717) is 12.0 Å². The number of benzene rings is 2. The molecule has 5 nitrogen and oxygen atoms in total. The molecule has 0 bridgehead atoms. The predicted octanol–water partition coefficient (Wildman–Crippen LogP) is 3.24. The van der Waals surface area contributed by atoms with Gasteiger partial charge >= 0.3 is 11.9 Å². The number of carboxylic acid groups (broad SMARTS) is 2. The number of carboxylic acids is 2. The smallest absolute Gasteiger partial charge is 0.340 e. The van der Waals surface area contributed by atoms with E-state index >= 15 is 0 Å². The van der Waals surface area contributed by atoms with Crippen molar-refractivity contribution in [2.24, 2.45) is 0 Å². The molecule has 0 saturated heterocycles. The van der Waals surface area contributed by atoms with Crippen LogP contribution in [0.1, 0.15) is 37.3 Å². The van der Waals surface area contributed by atoms with Crippen molar-refractivity contribution >= 4 is 11.9 Å². The molecule has 0 saturated carbocycles. The van der Waals surface area contributed by atoms with Crippen LogP contribution in [0.15, 0.2) is 60.7 Å². The lowest BCUT2D eigenvalue weighted by atomic mass is 9.97. The van der Waals surface area contributed by atoms with Crippen LogP contribution in [0.3, 0.4) is 0 Å². The van der Waals surface area contributed by atoms with Crippen LogP contribution in [0.5, 0.6) is 0 Å². The number of carbonyl (C=O) groups is 2. The molecule has 24 heavy (non-hydrogen) atoms. The zero-order valence-electron chi connectivity index (χ0n) is 13.7. The molecular weight excluding hydrogens is 308 g/mol. The molecule has 0 aliphatic rings. The Balaban J connectivity index is 0.000000240. The highest BCUT2D eigenvalue weighted by molar-refractivity contribution is 5.78. The van der Waals surface area contributed by atoms with Crippen molar-refractivity contribution < 1.29 is 24.9 Å². The van der Waals surface area contributed by atoms with Gasteiger partial charge in [0.05, 0.1) is 5.92 Å². The third kappa shape index (κ3) is 5.21. The maximum absolute atomic E-state index is 10.7. The van der Waals surface area contributed by atoms with E-state index in [1.54, 1.807) is 30.3 Å². The Bertz CT molecular complexity index is 650. The SMILES string of the molecule is CC(O)(C(=O)O)c1ccccc1.CCC(C(=O)O)c1ccccc1. The Hall–Kier alpha value is -2.66. The van der Waals surface area contributed by atoms with E-state index in [9.17, 15) is 14.7 Å². The van der Waals surface area contributed by atoms with E-state index in [-0.39, 0.29) is 5.92 Å². The van der Waals surface area contributed by atoms with Gasteiger partial charge in [-0.1, -0.05) is 67.6 Å². The summed E-state index contributed by atoms with van der Waals surface area (Å²) in [7, 11) is 0. The van der Waals surface area contributed by atoms with Gasteiger partial charge in [-0.15, -0.1) is 0 Å². The molecule has 0 radical (unpaired) electrons. The third-order valence-electron chi connectivity index (χ3n) is 3.66. The van der Waals surface area contributed by atoms with Gasteiger partial charge in [0, 0.05) is 0 Å². The van der Waals surface area contributed by atoms with Crippen LogP contribution in [-0.4, -0.2) is 27.3 Å². The molecule has 2 atom stereocenters. The summed E-state index contributed by atoms with van der Waals surface area (Å²) in [6.07, 6.45) is 0.638. The molecule has 2 aromatic rings. The molecule has 3 N–H and O–H groups in total. The summed E-state index contributed by atoms with van der Waals surface area (Å²) in [6.45, 7) is 3.14. The average Bonchev–Trinajstić information content (AvgIpc) is 2.57.